The number of nitrogens with one attached hydrogen (secondary N) is 1. The third-order valence-corrected chi connectivity index (χ3v) is 3.71. The van der Waals surface area contributed by atoms with Crippen LogP contribution in [0.1, 0.15) is 30.9 Å². The standard InChI is InChI=1S/C19H19N3O3/c1-13(11-17(23)18-7-4-10-25-18)21-19(24)9-8-14-12-20-15-5-2-3-6-16(15)22-14/h2-10,12-13,17,23H,11H2,1H3,(H,21,24)/b9-8+. The Morgan fingerprint density at radius 3 is 2.84 bits per heavy atom. The quantitative estimate of drug-likeness (QED) is 0.675. The van der Waals surface area contributed by atoms with Crippen LogP contribution >= 0.6 is 0 Å². The molecule has 3 rings (SSSR count). The number of aliphatic hydroxyl groups excluding tert-OH is 1. The third kappa shape index (κ3) is 4.51. The molecule has 1 amide bonds. The van der Waals surface area contributed by atoms with Crippen molar-refractivity contribution in [1.29, 1.82) is 0 Å². The summed E-state index contributed by atoms with van der Waals surface area (Å²) in [5.41, 5.74) is 2.20. The van der Waals surface area contributed by atoms with Crippen LogP contribution in [0.25, 0.3) is 17.1 Å². The summed E-state index contributed by atoms with van der Waals surface area (Å²) < 4.78 is 5.15. The lowest BCUT2D eigenvalue weighted by Crippen LogP contribution is -2.32. The van der Waals surface area contributed by atoms with Crippen molar-refractivity contribution in [2.75, 3.05) is 0 Å². The first-order valence-corrected chi connectivity index (χ1v) is 8.03. The summed E-state index contributed by atoms with van der Waals surface area (Å²) in [7, 11) is 0. The Morgan fingerprint density at radius 1 is 1.28 bits per heavy atom. The van der Waals surface area contributed by atoms with Crippen molar-refractivity contribution in [2.45, 2.75) is 25.5 Å². The number of nitrogens with zero attached hydrogens (tertiary/aromatic N) is 2. The molecule has 0 spiro atoms. The van der Waals surface area contributed by atoms with Gasteiger partial charge < -0.3 is 14.8 Å². The van der Waals surface area contributed by atoms with Gasteiger partial charge in [-0.1, -0.05) is 12.1 Å². The summed E-state index contributed by atoms with van der Waals surface area (Å²) in [5.74, 6) is 0.234. The molecule has 0 radical (unpaired) electrons. The van der Waals surface area contributed by atoms with Crippen molar-refractivity contribution < 1.29 is 14.3 Å². The molecule has 6 heteroatoms. The Balaban J connectivity index is 1.56. The smallest absolute Gasteiger partial charge is 0.244 e. The molecule has 2 unspecified atom stereocenters. The molecule has 0 aliphatic rings. The maximum absolute atomic E-state index is 12.0. The fourth-order valence-electron chi connectivity index (χ4n) is 2.49. The van der Waals surface area contributed by atoms with Crippen LogP contribution in [0.4, 0.5) is 0 Å². The zero-order chi connectivity index (χ0) is 17.6. The molecule has 2 aromatic heterocycles. The maximum Gasteiger partial charge on any atom is 0.244 e. The molecule has 128 valence electrons. The molecule has 25 heavy (non-hydrogen) atoms. The van der Waals surface area contributed by atoms with Crippen LogP contribution in [-0.2, 0) is 4.79 Å². The van der Waals surface area contributed by atoms with E-state index in [4.69, 9.17) is 4.42 Å². The summed E-state index contributed by atoms with van der Waals surface area (Å²) in [6.07, 6.45) is 5.77. The van der Waals surface area contributed by atoms with Gasteiger partial charge in [0, 0.05) is 18.5 Å². The van der Waals surface area contributed by atoms with E-state index in [2.05, 4.69) is 15.3 Å². The Labute approximate surface area is 145 Å². The van der Waals surface area contributed by atoms with Gasteiger partial charge in [-0.05, 0) is 37.3 Å². The summed E-state index contributed by atoms with van der Waals surface area (Å²) in [5, 5.41) is 12.8. The van der Waals surface area contributed by atoms with E-state index in [-0.39, 0.29) is 11.9 Å². The van der Waals surface area contributed by atoms with E-state index < -0.39 is 6.10 Å². The third-order valence-electron chi connectivity index (χ3n) is 3.71. The summed E-state index contributed by atoms with van der Waals surface area (Å²) in [4.78, 5) is 20.7. The van der Waals surface area contributed by atoms with E-state index in [9.17, 15) is 9.90 Å². The molecule has 6 nitrogen and oxygen atoms in total. The molecule has 0 aliphatic carbocycles. The average Bonchev–Trinajstić information content (AvgIpc) is 3.14. The highest BCUT2D eigenvalue weighted by atomic mass is 16.4. The van der Waals surface area contributed by atoms with E-state index in [1.807, 2.05) is 31.2 Å². The molecule has 0 saturated carbocycles. The second-order valence-corrected chi connectivity index (χ2v) is 5.79. The summed E-state index contributed by atoms with van der Waals surface area (Å²) in [6, 6.07) is 10.8. The van der Waals surface area contributed by atoms with Gasteiger partial charge in [-0.3, -0.25) is 9.78 Å². The van der Waals surface area contributed by atoms with E-state index in [0.29, 0.717) is 17.9 Å². The molecule has 0 aliphatic heterocycles. The first-order chi connectivity index (χ1) is 12.1. The van der Waals surface area contributed by atoms with Gasteiger partial charge >= 0.3 is 0 Å². The van der Waals surface area contributed by atoms with Gasteiger partial charge in [0.25, 0.3) is 0 Å². The van der Waals surface area contributed by atoms with Crippen molar-refractivity contribution in [2.24, 2.45) is 0 Å². The van der Waals surface area contributed by atoms with Crippen molar-refractivity contribution in [3.05, 3.63) is 66.4 Å². The SMILES string of the molecule is CC(CC(O)c1ccco1)NC(=O)/C=C/c1cnc2ccccc2n1. The topological polar surface area (TPSA) is 88.3 Å². The van der Waals surface area contributed by atoms with Crippen LogP contribution < -0.4 is 5.32 Å². The molecule has 2 heterocycles. The number of benzene rings is 1. The highest BCUT2D eigenvalue weighted by molar-refractivity contribution is 5.91. The minimum Gasteiger partial charge on any atom is -0.467 e. The summed E-state index contributed by atoms with van der Waals surface area (Å²) in [6.45, 7) is 1.83. The van der Waals surface area contributed by atoms with Crippen LogP contribution in [0.15, 0.2) is 59.4 Å². The van der Waals surface area contributed by atoms with Gasteiger partial charge in [-0.15, -0.1) is 0 Å². The molecular weight excluding hydrogens is 318 g/mol. The molecule has 3 aromatic rings. The number of hydrogen-bond donors (Lipinski definition) is 2. The van der Waals surface area contributed by atoms with Crippen LogP contribution in [0.3, 0.4) is 0 Å². The number of para-hydroxylation sites is 2. The minimum atomic E-state index is -0.749. The Hall–Kier alpha value is -2.99. The fraction of sp³-hybridized carbons (Fsp3) is 0.211. The van der Waals surface area contributed by atoms with Gasteiger partial charge in [0.15, 0.2) is 0 Å². The van der Waals surface area contributed by atoms with E-state index in [1.54, 1.807) is 24.4 Å². The molecule has 0 fully saturated rings. The number of amides is 1. The minimum absolute atomic E-state index is 0.208. The number of aliphatic hydroxyl groups is 1. The van der Waals surface area contributed by atoms with Gasteiger partial charge in [0.1, 0.15) is 11.9 Å². The lowest BCUT2D eigenvalue weighted by molar-refractivity contribution is -0.117. The van der Waals surface area contributed by atoms with Crippen LogP contribution in [0.2, 0.25) is 0 Å². The second kappa shape index (κ2) is 7.72. The maximum atomic E-state index is 12.0. The van der Waals surface area contributed by atoms with E-state index in [0.717, 1.165) is 11.0 Å². The number of rotatable bonds is 6. The predicted molar refractivity (Wildman–Crippen MR) is 94.5 cm³/mol. The van der Waals surface area contributed by atoms with E-state index >= 15 is 0 Å². The van der Waals surface area contributed by atoms with Crippen LogP contribution in [-0.4, -0.2) is 27.0 Å². The Morgan fingerprint density at radius 2 is 2.08 bits per heavy atom. The number of aromatic nitrogens is 2. The highest BCUT2D eigenvalue weighted by Crippen LogP contribution is 2.18. The number of carbonyl (C=O) groups excluding carboxylic acids is 1. The van der Waals surface area contributed by atoms with Gasteiger partial charge in [-0.25, -0.2) is 4.98 Å². The van der Waals surface area contributed by atoms with Gasteiger partial charge in [0.2, 0.25) is 5.91 Å². The predicted octanol–water partition coefficient (Wildman–Crippen LogP) is 2.86. The monoisotopic (exact) mass is 337 g/mol. The molecule has 2 N–H and O–H groups in total. The van der Waals surface area contributed by atoms with Crippen molar-refractivity contribution in [3.8, 4) is 0 Å². The molecular formula is C19H19N3O3. The van der Waals surface area contributed by atoms with Gasteiger partial charge in [0.05, 0.1) is 29.2 Å². The zero-order valence-electron chi connectivity index (χ0n) is 13.8. The lowest BCUT2D eigenvalue weighted by atomic mass is 10.1. The van der Waals surface area contributed by atoms with Crippen molar-refractivity contribution >= 4 is 23.0 Å². The molecule has 0 bridgehead atoms. The molecule has 1 aromatic carbocycles. The number of carbonyl (C=O) groups is 1. The Bertz CT molecular complexity index is 875. The largest absolute Gasteiger partial charge is 0.467 e. The fourth-order valence-corrected chi connectivity index (χ4v) is 2.49. The Kier molecular flexibility index (Phi) is 5.20. The zero-order valence-corrected chi connectivity index (χ0v) is 13.8. The second-order valence-electron chi connectivity index (χ2n) is 5.79. The highest BCUT2D eigenvalue weighted by Gasteiger charge is 2.15. The first kappa shape index (κ1) is 16.9. The van der Waals surface area contributed by atoms with Crippen molar-refractivity contribution in [1.82, 2.24) is 15.3 Å². The lowest BCUT2D eigenvalue weighted by Gasteiger charge is -2.15. The average molecular weight is 337 g/mol. The van der Waals surface area contributed by atoms with Crippen molar-refractivity contribution in [3.63, 3.8) is 0 Å². The van der Waals surface area contributed by atoms with Gasteiger partial charge in [-0.2, -0.15) is 0 Å². The van der Waals surface area contributed by atoms with E-state index in [1.165, 1.54) is 12.3 Å². The molecule has 2 atom stereocenters. The first-order valence-electron chi connectivity index (χ1n) is 8.03. The summed E-state index contributed by atoms with van der Waals surface area (Å²) >= 11 is 0. The molecule has 0 saturated heterocycles. The number of furan rings is 1. The normalized spacial score (nSPS) is 13.8. The number of hydrogen-bond acceptors (Lipinski definition) is 5. The van der Waals surface area contributed by atoms with Crippen LogP contribution in [0.5, 0.6) is 0 Å². The van der Waals surface area contributed by atoms with Crippen LogP contribution in [0, 0.1) is 0 Å². The number of fused-ring (bicyclic) bond motifs is 1.